The van der Waals surface area contributed by atoms with E-state index >= 15 is 0 Å². The van der Waals surface area contributed by atoms with Crippen LogP contribution in [0.2, 0.25) is 17.3 Å². The molecule has 0 aliphatic rings. The molecule has 0 saturated heterocycles. The van der Waals surface area contributed by atoms with Crippen LogP contribution in [0.3, 0.4) is 0 Å². The summed E-state index contributed by atoms with van der Waals surface area (Å²) in [5.74, 6) is 6.73. The van der Waals surface area contributed by atoms with E-state index in [4.69, 9.17) is 0 Å². The fraction of sp³-hybridized carbons (Fsp3) is 0.222. The summed E-state index contributed by atoms with van der Waals surface area (Å²) in [4.78, 5) is 9.07. The summed E-state index contributed by atoms with van der Waals surface area (Å²) in [5, 5.41) is 2.62. The van der Waals surface area contributed by atoms with Crippen molar-refractivity contribution < 1.29 is 24.5 Å². The van der Waals surface area contributed by atoms with Crippen molar-refractivity contribution in [3.8, 4) is 22.5 Å². The van der Waals surface area contributed by atoms with E-state index in [1.54, 1.807) is 6.07 Å². The molecule has 6 heteroatoms. The summed E-state index contributed by atoms with van der Waals surface area (Å²) in [6, 6.07) is 32.0. The standard InChI is InChI=1S/C22H20NS.C14H15FGeN.Ir/c1-22(2,3)14-15-11-12-23-19(13-15)18-9-6-8-17-16-7-4-5-10-20(16)24-21(17)18;1-16(2,3)13-8-9-14(17-10-13)11-4-6-12(15)7-5-11;/h4-8,10-13H,14H2,1-3H3;4,6-10H,1-3H3;/q2*-1;. The van der Waals surface area contributed by atoms with Gasteiger partial charge in [-0.05, 0) is 39.7 Å². The zero-order valence-corrected chi connectivity index (χ0v) is 30.2. The van der Waals surface area contributed by atoms with Crippen molar-refractivity contribution in [2.24, 2.45) is 5.41 Å². The molecule has 0 unspecified atom stereocenters. The fourth-order valence-corrected chi connectivity index (χ4v) is 8.16. The maximum atomic E-state index is 12.8. The van der Waals surface area contributed by atoms with Gasteiger partial charge in [0.1, 0.15) is 0 Å². The number of nitrogens with zero attached hydrogens (tertiary/aromatic N) is 2. The summed E-state index contributed by atoms with van der Waals surface area (Å²) < 4.78 is 16.7. The molecule has 0 amide bonds. The number of hydrogen-bond donors (Lipinski definition) is 0. The molecular formula is C36H35FGeIrN2S-2. The van der Waals surface area contributed by atoms with Gasteiger partial charge in [0, 0.05) is 31.0 Å². The molecule has 1 radical (unpaired) electrons. The molecule has 0 aliphatic heterocycles. The summed E-state index contributed by atoms with van der Waals surface area (Å²) in [7, 11) is 0. The minimum absolute atomic E-state index is 0. The van der Waals surface area contributed by atoms with Gasteiger partial charge in [-0.1, -0.05) is 56.0 Å². The Labute approximate surface area is 269 Å². The Hall–Kier alpha value is -2.70. The van der Waals surface area contributed by atoms with Crippen LogP contribution in [0.25, 0.3) is 42.7 Å². The number of thiophene rings is 1. The molecule has 2 nitrogen and oxygen atoms in total. The number of aromatic nitrogens is 2. The average molecular weight is 812 g/mol. The smallest absolute Gasteiger partial charge is 0 e. The zero-order valence-electron chi connectivity index (χ0n) is 24.9. The molecular weight excluding hydrogens is 776 g/mol. The van der Waals surface area contributed by atoms with Crippen molar-refractivity contribution in [1.29, 1.82) is 0 Å². The zero-order chi connectivity index (χ0) is 29.2. The molecule has 6 aromatic rings. The van der Waals surface area contributed by atoms with Crippen LogP contribution in [0.5, 0.6) is 0 Å². The molecule has 6 rings (SSSR count). The van der Waals surface area contributed by atoms with Gasteiger partial charge in [-0.3, -0.25) is 0 Å². The molecule has 0 saturated carbocycles. The van der Waals surface area contributed by atoms with Crippen molar-refractivity contribution in [2.45, 2.75) is 44.5 Å². The second-order valence-corrected chi connectivity index (χ2v) is 24.3. The molecule has 0 atom stereocenters. The van der Waals surface area contributed by atoms with Crippen LogP contribution in [-0.4, -0.2) is 23.2 Å². The van der Waals surface area contributed by atoms with Crippen LogP contribution in [0.1, 0.15) is 26.3 Å². The quantitative estimate of drug-likeness (QED) is 0.131. The molecule has 0 N–H and O–H groups in total. The first-order chi connectivity index (χ1) is 19.5. The van der Waals surface area contributed by atoms with Crippen LogP contribution in [-0.2, 0) is 26.5 Å². The fourth-order valence-electron chi connectivity index (χ4n) is 4.78. The van der Waals surface area contributed by atoms with E-state index < -0.39 is 13.3 Å². The number of hydrogen-bond acceptors (Lipinski definition) is 3. The SMILES string of the molecule is CC(C)(C)Cc1ccnc(-c2[c-]ccc3c2sc2ccccc23)c1.[CH3][Ge]([CH3])([CH3])[c]1ccc(-c2[c-]cc(F)cc2)nc1.[Ir]. The van der Waals surface area contributed by atoms with Crippen LogP contribution in [0.15, 0.2) is 91.3 Å². The Morgan fingerprint density at radius 2 is 1.64 bits per heavy atom. The van der Waals surface area contributed by atoms with E-state index in [1.807, 2.05) is 35.9 Å². The third-order valence-corrected chi connectivity index (χ3v) is 12.3. The maximum Gasteiger partial charge on any atom is 0 e. The van der Waals surface area contributed by atoms with Crippen molar-refractivity contribution in [1.82, 2.24) is 9.97 Å². The number of halogens is 1. The predicted molar refractivity (Wildman–Crippen MR) is 176 cm³/mol. The first-order valence-electron chi connectivity index (χ1n) is 13.9. The van der Waals surface area contributed by atoms with Gasteiger partial charge >= 0.3 is 104 Å². The Balaban J connectivity index is 0.000000200. The van der Waals surface area contributed by atoms with Gasteiger partial charge in [0.15, 0.2) is 0 Å². The second kappa shape index (κ2) is 13.3. The van der Waals surface area contributed by atoms with E-state index in [2.05, 4.69) is 109 Å². The van der Waals surface area contributed by atoms with Crippen LogP contribution in [0.4, 0.5) is 4.39 Å². The topological polar surface area (TPSA) is 25.8 Å². The average Bonchev–Trinajstić information content (AvgIpc) is 3.32. The van der Waals surface area contributed by atoms with Gasteiger partial charge in [-0.15, -0.1) is 23.8 Å². The normalized spacial score (nSPS) is 11.6. The third-order valence-electron chi connectivity index (χ3n) is 6.83. The molecule has 0 aliphatic carbocycles. The predicted octanol–water partition coefficient (Wildman–Crippen LogP) is 9.74. The Morgan fingerprint density at radius 3 is 2.31 bits per heavy atom. The van der Waals surface area contributed by atoms with Crippen LogP contribution < -0.4 is 4.40 Å². The molecule has 3 aromatic carbocycles. The monoisotopic (exact) mass is 813 g/mol. The van der Waals surface area contributed by atoms with E-state index in [0.29, 0.717) is 0 Å². The van der Waals surface area contributed by atoms with Gasteiger partial charge in [-0.25, -0.2) is 0 Å². The first-order valence-corrected chi connectivity index (χ1v) is 22.1. The summed E-state index contributed by atoms with van der Waals surface area (Å²) in [6.45, 7) is 6.81. The molecule has 0 spiro atoms. The molecule has 217 valence electrons. The van der Waals surface area contributed by atoms with Gasteiger partial charge in [-0.2, -0.15) is 11.3 Å². The van der Waals surface area contributed by atoms with Crippen molar-refractivity contribution >= 4 is 49.2 Å². The van der Waals surface area contributed by atoms with E-state index in [0.717, 1.165) is 28.9 Å². The largest absolute Gasteiger partial charge is 0 e. The van der Waals surface area contributed by atoms with Crippen LogP contribution in [0, 0.1) is 23.4 Å². The minimum Gasteiger partial charge on any atom is 0 e. The number of rotatable bonds is 4. The Kier molecular flexibility index (Phi) is 10.2. The summed E-state index contributed by atoms with van der Waals surface area (Å²) in [6.07, 6.45) is 4.92. The second-order valence-electron chi connectivity index (χ2n) is 12.6. The van der Waals surface area contributed by atoms with Crippen molar-refractivity contribution in [3.63, 3.8) is 0 Å². The first kappa shape index (κ1) is 32.2. The molecule has 42 heavy (non-hydrogen) atoms. The van der Waals surface area contributed by atoms with Gasteiger partial charge in [0.05, 0.1) is 0 Å². The van der Waals surface area contributed by atoms with Gasteiger partial charge < -0.3 is 4.98 Å². The number of benzene rings is 3. The third kappa shape index (κ3) is 7.82. The molecule has 3 aromatic heterocycles. The van der Waals surface area contributed by atoms with Gasteiger partial charge in [0.2, 0.25) is 0 Å². The number of fused-ring (bicyclic) bond motifs is 3. The Bertz CT molecular complexity index is 1780. The maximum absolute atomic E-state index is 12.8. The van der Waals surface area contributed by atoms with E-state index in [9.17, 15) is 4.39 Å². The number of pyridine rings is 2. The van der Waals surface area contributed by atoms with Gasteiger partial charge in [0.25, 0.3) is 0 Å². The molecule has 0 fully saturated rings. The molecule has 0 bridgehead atoms. The summed E-state index contributed by atoms with van der Waals surface area (Å²) in [5.41, 5.74) is 5.42. The van der Waals surface area contributed by atoms with E-state index in [1.165, 1.54) is 42.3 Å². The van der Waals surface area contributed by atoms with Crippen molar-refractivity contribution in [2.75, 3.05) is 0 Å². The van der Waals surface area contributed by atoms with Crippen molar-refractivity contribution in [3.05, 3.63) is 115 Å². The van der Waals surface area contributed by atoms with Crippen LogP contribution >= 0.6 is 11.3 Å². The molecule has 3 heterocycles. The minimum atomic E-state index is -1.79. The Morgan fingerprint density at radius 1 is 0.857 bits per heavy atom. The van der Waals surface area contributed by atoms with E-state index in [-0.39, 0.29) is 31.3 Å². The summed E-state index contributed by atoms with van der Waals surface area (Å²) >= 11 is 0.0441.